The van der Waals surface area contributed by atoms with Crippen molar-refractivity contribution >= 4 is 17.5 Å². The molecule has 0 fully saturated rings. The van der Waals surface area contributed by atoms with E-state index in [1.165, 1.54) is 0 Å². The Morgan fingerprint density at radius 3 is 2.15 bits per heavy atom. The zero-order valence-electron chi connectivity index (χ0n) is 12.2. The maximum atomic E-state index is 11.9. The molecule has 0 bridgehead atoms. The number of carbonyl (C=O) groups excluding carboxylic acids is 2. The first-order chi connectivity index (χ1) is 9.49. The molecule has 0 aliphatic heterocycles. The van der Waals surface area contributed by atoms with Crippen LogP contribution in [-0.2, 0) is 22.4 Å². The fraction of sp³-hybridized carbons (Fsp3) is 0.467. The first kappa shape index (κ1) is 16.2. The highest BCUT2D eigenvalue weighted by atomic mass is 16.3. The average Bonchev–Trinajstić information content (AvgIpc) is 2.44. The summed E-state index contributed by atoms with van der Waals surface area (Å²) in [5.41, 5.74) is 2.72. The van der Waals surface area contributed by atoms with Gasteiger partial charge in [-0.3, -0.25) is 9.59 Å². The fourth-order valence-corrected chi connectivity index (χ4v) is 1.89. The van der Waals surface area contributed by atoms with Crippen molar-refractivity contribution in [1.29, 1.82) is 0 Å². The Bertz CT molecular complexity index is 462. The second kappa shape index (κ2) is 7.65. The van der Waals surface area contributed by atoms with Gasteiger partial charge in [-0.2, -0.15) is 0 Å². The van der Waals surface area contributed by atoms with E-state index < -0.39 is 17.9 Å². The number of nitrogens with one attached hydrogen (secondary N) is 2. The maximum absolute atomic E-state index is 11.9. The summed E-state index contributed by atoms with van der Waals surface area (Å²) in [4.78, 5) is 23.5. The van der Waals surface area contributed by atoms with E-state index in [9.17, 15) is 9.59 Å². The standard InChI is InChI=1S/C15H22N2O3/c1-4-11-7-6-8-12(5-2)13(11)17-15(20)14(19)16-9-10(3)18/h6-8,10,18H,4-5,9H2,1-3H3,(H,16,19)(H,17,20). The highest BCUT2D eigenvalue weighted by Crippen LogP contribution is 2.22. The molecule has 0 saturated heterocycles. The molecule has 5 nitrogen and oxygen atoms in total. The van der Waals surface area contributed by atoms with E-state index in [4.69, 9.17) is 5.11 Å². The van der Waals surface area contributed by atoms with Crippen LogP contribution in [0.15, 0.2) is 18.2 Å². The van der Waals surface area contributed by atoms with Gasteiger partial charge >= 0.3 is 11.8 Å². The van der Waals surface area contributed by atoms with Crippen LogP contribution in [0.1, 0.15) is 31.9 Å². The quantitative estimate of drug-likeness (QED) is 0.709. The third kappa shape index (κ3) is 4.35. The zero-order chi connectivity index (χ0) is 15.1. The van der Waals surface area contributed by atoms with Gasteiger partial charge in [0.05, 0.1) is 6.10 Å². The number of anilines is 1. The van der Waals surface area contributed by atoms with Crippen molar-refractivity contribution in [3.05, 3.63) is 29.3 Å². The fourth-order valence-electron chi connectivity index (χ4n) is 1.89. The monoisotopic (exact) mass is 278 g/mol. The summed E-state index contributed by atoms with van der Waals surface area (Å²) >= 11 is 0. The molecule has 0 saturated carbocycles. The lowest BCUT2D eigenvalue weighted by Gasteiger charge is -2.14. The van der Waals surface area contributed by atoms with Crippen molar-refractivity contribution in [2.45, 2.75) is 39.7 Å². The number of aliphatic hydroxyl groups is 1. The van der Waals surface area contributed by atoms with Crippen LogP contribution in [0.5, 0.6) is 0 Å². The van der Waals surface area contributed by atoms with Crippen molar-refractivity contribution in [3.63, 3.8) is 0 Å². The van der Waals surface area contributed by atoms with E-state index in [1.54, 1.807) is 6.92 Å². The third-order valence-electron chi connectivity index (χ3n) is 3.00. The minimum atomic E-state index is -0.737. The van der Waals surface area contributed by atoms with Crippen molar-refractivity contribution in [2.75, 3.05) is 11.9 Å². The van der Waals surface area contributed by atoms with Crippen LogP contribution >= 0.6 is 0 Å². The third-order valence-corrected chi connectivity index (χ3v) is 3.00. The number of aryl methyl sites for hydroxylation is 2. The molecule has 1 atom stereocenters. The van der Waals surface area contributed by atoms with Crippen LogP contribution in [0.2, 0.25) is 0 Å². The second-order valence-corrected chi connectivity index (χ2v) is 4.67. The number of aliphatic hydroxyl groups excluding tert-OH is 1. The van der Waals surface area contributed by atoms with E-state index >= 15 is 0 Å². The summed E-state index contributed by atoms with van der Waals surface area (Å²) in [7, 11) is 0. The number of benzene rings is 1. The minimum absolute atomic E-state index is 0.0579. The van der Waals surface area contributed by atoms with Gasteiger partial charge in [0, 0.05) is 12.2 Å². The van der Waals surface area contributed by atoms with E-state index in [0.717, 1.165) is 29.7 Å². The number of para-hydroxylation sites is 1. The predicted molar refractivity (Wildman–Crippen MR) is 78.5 cm³/mol. The number of carbonyl (C=O) groups is 2. The van der Waals surface area contributed by atoms with Gasteiger partial charge in [0.1, 0.15) is 0 Å². The Kier molecular flexibility index (Phi) is 6.18. The molecular weight excluding hydrogens is 256 g/mol. The van der Waals surface area contributed by atoms with Gasteiger partial charge < -0.3 is 15.7 Å². The molecule has 110 valence electrons. The van der Waals surface area contributed by atoms with Crippen LogP contribution in [0.3, 0.4) is 0 Å². The Balaban J connectivity index is 2.82. The molecule has 1 aromatic carbocycles. The molecule has 0 aliphatic carbocycles. The molecule has 0 spiro atoms. The molecule has 3 N–H and O–H groups in total. The van der Waals surface area contributed by atoms with Crippen molar-refractivity contribution < 1.29 is 14.7 Å². The number of rotatable bonds is 5. The van der Waals surface area contributed by atoms with E-state index in [1.807, 2.05) is 32.0 Å². The lowest BCUT2D eigenvalue weighted by Crippen LogP contribution is -2.39. The van der Waals surface area contributed by atoms with Crippen molar-refractivity contribution in [2.24, 2.45) is 0 Å². The Labute approximate surface area is 119 Å². The van der Waals surface area contributed by atoms with Crippen LogP contribution in [0.4, 0.5) is 5.69 Å². The number of hydrogen-bond acceptors (Lipinski definition) is 3. The van der Waals surface area contributed by atoms with Crippen LogP contribution in [0.25, 0.3) is 0 Å². The van der Waals surface area contributed by atoms with Gasteiger partial charge in [-0.1, -0.05) is 32.0 Å². The maximum Gasteiger partial charge on any atom is 0.313 e. The largest absolute Gasteiger partial charge is 0.392 e. The van der Waals surface area contributed by atoms with E-state index in [0.29, 0.717) is 0 Å². The van der Waals surface area contributed by atoms with Crippen LogP contribution in [-0.4, -0.2) is 29.6 Å². The molecule has 0 heterocycles. The molecular formula is C15H22N2O3. The molecule has 0 aromatic heterocycles. The lowest BCUT2D eigenvalue weighted by atomic mass is 10.0. The van der Waals surface area contributed by atoms with Crippen molar-refractivity contribution in [3.8, 4) is 0 Å². The SMILES string of the molecule is CCc1cccc(CC)c1NC(=O)C(=O)NCC(C)O. The predicted octanol–water partition coefficient (Wildman–Crippen LogP) is 1.25. The molecule has 0 aliphatic rings. The van der Waals surface area contributed by atoms with Crippen LogP contribution < -0.4 is 10.6 Å². The number of hydrogen-bond donors (Lipinski definition) is 3. The van der Waals surface area contributed by atoms with Gasteiger partial charge in [-0.25, -0.2) is 0 Å². The second-order valence-electron chi connectivity index (χ2n) is 4.67. The Morgan fingerprint density at radius 1 is 1.15 bits per heavy atom. The van der Waals surface area contributed by atoms with E-state index in [-0.39, 0.29) is 6.54 Å². The molecule has 1 aromatic rings. The molecule has 20 heavy (non-hydrogen) atoms. The number of amides is 2. The average molecular weight is 278 g/mol. The summed E-state index contributed by atoms with van der Waals surface area (Å²) in [5, 5.41) is 14.1. The topological polar surface area (TPSA) is 78.4 Å². The molecule has 0 radical (unpaired) electrons. The normalized spacial score (nSPS) is 11.8. The summed E-state index contributed by atoms with van der Waals surface area (Å²) < 4.78 is 0. The summed E-state index contributed by atoms with van der Waals surface area (Å²) in [6.07, 6.45) is 0.873. The van der Waals surface area contributed by atoms with Crippen LogP contribution in [0, 0.1) is 0 Å². The van der Waals surface area contributed by atoms with Gasteiger partial charge in [0.15, 0.2) is 0 Å². The molecule has 2 amide bonds. The minimum Gasteiger partial charge on any atom is -0.392 e. The highest BCUT2D eigenvalue weighted by molar-refractivity contribution is 6.39. The van der Waals surface area contributed by atoms with Gasteiger partial charge in [0.25, 0.3) is 0 Å². The first-order valence-electron chi connectivity index (χ1n) is 6.87. The molecule has 5 heteroatoms. The van der Waals surface area contributed by atoms with Gasteiger partial charge in [-0.05, 0) is 30.9 Å². The molecule has 1 unspecified atom stereocenters. The Morgan fingerprint density at radius 2 is 1.70 bits per heavy atom. The lowest BCUT2D eigenvalue weighted by molar-refractivity contribution is -0.136. The summed E-state index contributed by atoms with van der Waals surface area (Å²) in [6, 6.07) is 5.81. The molecule has 1 rings (SSSR count). The summed E-state index contributed by atoms with van der Waals surface area (Å²) in [5.74, 6) is -1.44. The van der Waals surface area contributed by atoms with Crippen molar-refractivity contribution in [1.82, 2.24) is 5.32 Å². The highest BCUT2D eigenvalue weighted by Gasteiger charge is 2.16. The first-order valence-corrected chi connectivity index (χ1v) is 6.87. The zero-order valence-corrected chi connectivity index (χ0v) is 12.2. The van der Waals surface area contributed by atoms with Gasteiger partial charge in [0.2, 0.25) is 0 Å². The Hall–Kier alpha value is -1.88. The van der Waals surface area contributed by atoms with Gasteiger partial charge in [-0.15, -0.1) is 0 Å². The smallest absolute Gasteiger partial charge is 0.313 e. The van der Waals surface area contributed by atoms with E-state index in [2.05, 4.69) is 10.6 Å². The summed E-state index contributed by atoms with van der Waals surface area (Å²) in [6.45, 7) is 5.60.